The van der Waals surface area contributed by atoms with Gasteiger partial charge in [0.15, 0.2) is 11.5 Å². The van der Waals surface area contributed by atoms with Crippen LogP contribution in [0.4, 0.5) is 5.69 Å². The SMILES string of the molecule is CC1(C)COc2cc([N+](=O)[O-])c(C#N)cc2O1. The molecule has 0 unspecified atom stereocenters. The lowest BCUT2D eigenvalue weighted by Crippen LogP contribution is -2.38. The first kappa shape index (κ1) is 11.2. The molecule has 0 amide bonds. The Hall–Kier alpha value is -2.29. The van der Waals surface area contributed by atoms with E-state index in [1.165, 1.54) is 12.1 Å². The summed E-state index contributed by atoms with van der Waals surface area (Å²) in [6.07, 6.45) is 0. The van der Waals surface area contributed by atoms with Gasteiger partial charge in [0.05, 0.1) is 11.0 Å². The van der Waals surface area contributed by atoms with Crippen molar-refractivity contribution in [3.63, 3.8) is 0 Å². The van der Waals surface area contributed by atoms with Crippen LogP contribution < -0.4 is 9.47 Å². The van der Waals surface area contributed by atoms with Gasteiger partial charge < -0.3 is 9.47 Å². The molecule has 6 nitrogen and oxygen atoms in total. The first-order chi connectivity index (χ1) is 7.93. The highest BCUT2D eigenvalue weighted by Gasteiger charge is 2.31. The molecule has 17 heavy (non-hydrogen) atoms. The van der Waals surface area contributed by atoms with Crippen LogP contribution in [0.5, 0.6) is 11.5 Å². The molecule has 0 radical (unpaired) electrons. The number of nitro groups is 1. The van der Waals surface area contributed by atoms with Crippen molar-refractivity contribution in [2.45, 2.75) is 19.4 Å². The number of rotatable bonds is 1. The minimum Gasteiger partial charge on any atom is -0.485 e. The van der Waals surface area contributed by atoms with E-state index >= 15 is 0 Å². The van der Waals surface area contributed by atoms with Crippen LogP contribution in [-0.4, -0.2) is 17.1 Å². The van der Waals surface area contributed by atoms with E-state index in [0.29, 0.717) is 18.1 Å². The molecule has 2 rings (SSSR count). The smallest absolute Gasteiger partial charge is 0.291 e. The molecule has 6 heteroatoms. The number of fused-ring (bicyclic) bond motifs is 1. The maximum atomic E-state index is 10.8. The van der Waals surface area contributed by atoms with Crippen molar-refractivity contribution >= 4 is 5.69 Å². The molecule has 1 aromatic carbocycles. The van der Waals surface area contributed by atoms with Gasteiger partial charge in [-0.3, -0.25) is 10.1 Å². The fourth-order valence-electron chi connectivity index (χ4n) is 1.56. The molecular formula is C11H10N2O4. The van der Waals surface area contributed by atoms with Crippen LogP contribution >= 0.6 is 0 Å². The summed E-state index contributed by atoms with van der Waals surface area (Å²) in [6.45, 7) is 3.98. The van der Waals surface area contributed by atoms with Crippen LogP contribution in [0.3, 0.4) is 0 Å². The summed E-state index contributed by atoms with van der Waals surface area (Å²) >= 11 is 0. The lowest BCUT2D eigenvalue weighted by Gasteiger charge is -2.32. The van der Waals surface area contributed by atoms with E-state index in [-0.39, 0.29) is 11.3 Å². The number of nitriles is 1. The van der Waals surface area contributed by atoms with Crippen molar-refractivity contribution in [2.24, 2.45) is 0 Å². The molecule has 1 aromatic rings. The highest BCUT2D eigenvalue weighted by Crippen LogP contribution is 2.39. The fourth-order valence-corrected chi connectivity index (χ4v) is 1.56. The maximum absolute atomic E-state index is 10.8. The largest absolute Gasteiger partial charge is 0.485 e. The second kappa shape index (κ2) is 3.63. The van der Waals surface area contributed by atoms with E-state index in [0.717, 1.165) is 0 Å². The zero-order chi connectivity index (χ0) is 12.6. The van der Waals surface area contributed by atoms with E-state index < -0.39 is 10.5 Å². The van der Waals surface area contributed by atoms with Crippen LogP contribution in [0, 0.1) is 21.4 Å². The minimum atomic E-state index is -0.609. The Morgan fingerprint density at radius 2 is 2.18 bits per heavy atom. The summed E-state index contributed by atoms with van der Waals surface area (Å²) < 4.78 is 11.0. The minimum absolute atomic E-state index is 0.0324. The molecule has 1 aliphatic rings. The second-order valence-corrected chi connectivity index (χ2v) is 4.34. The number of ether oxygens (including phenoxy) is 2. The van der Waals surface area contributed by atoms with E-state index in [1.807, 2.05) is 13.8 Å². The molecule has 0 saturated carbocycles. The zero-order valence-corrected chi connectivity index (χ0v) is 9.39. The van der Waals surface area contributed by atoms with E-state index in [4.69, 9.17) is 14.7 Å². The molecular weight excluding hydrogens is 224 g/mol. The van der Waals surface area contributed by atoms with Crippen molar-refractivity contribution in [3.05, 3.63) is 27.8 Å². The summed E-state index contributed by atoms with van der Waals surface area (Å²) in [5.41, 5.74) is -0.805. The number of nitro benzene ring substituents is 1. The van der Waals surface area contributed by atoms with Gasteiger partial charge >= 0.3 is 0 Å². The molecule has 0 bridgehead atoms. The third-order valence-corrected chi connectivity index (χ3v) is 2.34. The number of benzene rings is 1. The van der Waals surface area contributed by atoms with Gasteiger partial charge in [-0.05, 0) is 13.8 Å². The zero-order valence-electron chi connectivity index (χ0n) is 9.39. The van der Waals surface area contributed by atoms with Gasteiger partial charge in [-0.2, -0.15) is 5.26 Å². The van der Waals surface area contributed by atoms with Gasteiger partial charge in [0, 0.05) is 6.07 Å². The van der Waals surface area contributed by atoms with Gasteiger partial charge in [0.25, 0.3) is 5.69 Å². The molecule has 1 aliphatic heterocycles. The standard InChI is InChI=1S/C11H10N2O4/c1-11(2)6-16-9-4-8(13(14)15)7(5-12)3-10(9)17-11/h3-4H,6H2,1-2H3. The van der Waals surface area contributed by atoms with Crippen molar-refractivity contribution in [2.75, 3.05) is 6.61 Å². The predicted octanol–water partition coefficient (Wildman–Crippen LogP) is 2.02. The van der Waals surface area contributed by atoms with Crippen molar-refractivity contribution in [1.82, 2.24) is 0 Å². The number of nitrogens with zero attached hydrogens (tertiary/aromatic N) is 2. The predicted molar refractivity (Wildman–Crippen MR) is 58.0 cm³/mol. The first-order valence-electron chi connectivity index (χ1n) is 4.97. The van der Waals surface area contributed by atoms with Gasteiger partial charge in [-0.25, -0.2) is 0 Å². The van der Waals surface area contributed by atoms with Crippen LogP contribution in [0.25, 0.3) is 0 Å². The quantitative estimate of drug-likeness (QED) is 0.548. The molecule has 1 heterocycles. The summed E-state index contributed by atoms with van der Waals surface area (Å²) in [5, 5.41) is 19.6. The second-order valence-electron chi connectivity index (χ2n) is 4.34. The van der Waals surface area contributed by atoms with E-state index in [9.17, 15) is 10.1 Å². The third-order valence-electron chi connectivity index (χ3n) is 2.34. The van der Waals surface area contributed by atoms with Crippen molar-refractivity contribution in [3.8, 4) is 17.6 Å². The van der Waals surface area contributed by atoms with Crippen LogP contribution in [0.1, 0.15) is 19.4 Å². The van der Waals surface area contributed by atoms with Gasteiger partial charge in [0.1, 0.15) is 23.8 Å². The molecule has 88 valence electrons. The van der Waals surface area contributed by atoms with Crippen molar-refractivity contribution in [1.29, 1.82) is 5.26 Å². The fraction of sp³-hybridized carbons (Fsp3) is 0.364. The van der Waals surface area contributed by atoms with Gasteiger partial charge in [0.2, 0.25) is 0 Å². The highest BCUT2D eigenvalue weighted by molar-refractivity contribution is 5.59. The Morgan fingerprint density at radius 1 is 1.47 bits per heavy atom. The van der Waals surface area contributed by atoms with Crippen molar-refractivity contribution < 1.29 is 14.4 Å². The Labute approximate surface area is 97.5 Å². The van der Waals surface area contributed by atoms with Gasteiger partial charge in [-0.1, -0.05) is 0 Å². The molecule has 0 N–H and O–H groups in total. The van der Waals surface area contributed by atoms with E-state index in [1.54, 1.807) is 6.07 Å². The Morgan fingerprint density at radius 3 is 2.76 bits per heavy atom. The number of hydrogen-bond donors (Lipinski definition) is 0. The number of hydrogen-bond acceptors (Lipinski definition) is 5. The third kappa shape index (κ3) is 1.99. The lowest BCUT2D eigenvalue weighted by molar-refractivity contribution is -0.385. The lowest BCUT2D eigenvalue weighted by atomic mass is 10.1. The molecule has 0 aromatic heterocycles. The van der Waals surface area contributed by atoms with Crippen LogP contribution in [-0.2, 0) is 0 Å². The molecule has 0 saturated heterocycles. The average molecular weight is 234 g/mol. The van der Waals surface area contributed by atoms with E-state index in [2.05, 4.69) is 0 Å². The first-order valence-corrected chi connectivity index (χ1v) is 4.97. The highest BCUT2D eigenvalue weighted by atomic mass is 16.6. The maximum Gasteiger partial charge on any atom is 0.291 e. The Balaban J connectivity index is 2.53. The molecule has 0 aliphatic carbocycles. The summed E-state index contributed by atoms with van der Waals surface area (Å²) in [4.78, 5) is 10.1. The average Bonchev–Trinajstić information content (AvgIpc) is 2.25. The summed E-state index contributed by atoms with van der Waals surface area (Å²) in [5.74, 6) is 0.665. The summed E-state index contributed by atoms with van der Waals surface area (Å²) in [7, 11) is 0. The monoisotopic (exact) mass is 234 g/mol. The van der Waals surface area contributed by atoms with Crippen LogP contribution in [0.2, 0.25) is 0 Å². The normalized spacial score (nSPS) is 16.1. The van der Waals surface area contributed by atoms with Crippen LogP contribution in [0.15, 0.2) is 12.1 Å². The molecule has 0 fully saturated rings. The summed E-state index contributed by atoms with van der Waals surface area (Å²) in [6, 6.07) is 4.34. The Kier molecular flexibility index (Phi) is 2.39. The molecule has 0 spiro atoms. The Bertz CT molecular complexity index is 531. The van der Waals surface area contributed by atoms with Gasteiger partial charge in [-0.15, -0.1) is 0 Å². The molecule has 0 atom stereocenters. The topological polar surface area (TPSA) is 85.4 Å².